The van der Waals surface area contributed by atoms with Gasteiger partial charge in [0.1, 0.15) is 0 Å². The summed E-state index contributed by atoms with van der Waals surface area (Å²) in [6.45, 7) is 5.44. The van der Waals surface area contributed by atoms with Gasteiger partial charge in [-0.1, -0.05) is 20.8 Å². The second-order valence-corrected chi connectivity index (χ2v) is 4.53. The zero-order valence-corrected chi connectivity index (χ0v) is 9.64. The molecule has 0 fully saturated rings. The van der Waals surface area contributed by atoms with Crippen LogP contribution in [-0.4, -0.2) is 12.1 Å². The van der Waals surface area contributed by atoms with Crippen LogP contribution < -0.4 is 4.74 Å². The standard InChI is InChI=1S/C11H14F3NO/c1-10(2,3)8-5-7(11(12,13)14)6-15-9(8)16-4/h5-6H,1-4H3. The minimum atomic E-state index is -4.38. The third-order valence-corrected chi connectivity index (χ3v) is 2.18. The van der Waals surface area contributed by atoms with Crippen molar-refractivity contribution in [3.05, 3.63) is 23.4 Å². The molecule has 0 bridgehead atoms. The lowest BCUT2D eigenvalue weighted by Gasteiger charge is -2.22. The summed E-state index contributed by atoms with van der Waals surface area (Å²) in [4.78, 5) is 3.69. The number of pyridine rings is 1. The van der Waals surface area contributed by atoms with Crippen LogP contribution in [0.2, 0.25) is 0 Å². The highest BCUT2D eigenvalue weighted by molar-refractivity contribution is 5.36. The van der Waals surface area contributed by atoms with Crippen molar-refractivity contribution in [3.8, 4) is 5.88 Å². The van der Waals surface area contributed by atoms with E-state index in [0.717, 1.165) is 12.3 Å². The van der Waals surface area contributed by atoms with Gasteiger partial charge in [-0.05, 0) is 11.5 Å². The summed E-state index contributed by atoms with van der Waals surface area (Å²) in [5.74, 6) is 0.237. The SMILES string of the molecule is COc1ncc(C(F)(F)F)cc1C(C)(C)C. The summed E-state index contributed by atoms with van der Waals surface area (Å²) in [5.41, 5.74) is -0.748. The molecule has 1 aromatic heterocycles. The minimum absolute atomic E-state index is 0.237. The number of nitrogens with zero attached hydrogens (tertiary/aromatic N) is 1. The molecular formula is C11H14F3NO. The van der Waals surface area contributed by atoms with Gasteiger partial charge in [0.2, 0.25) is 5.88 Å². The fraction of sp³-hybridized carbons (Fsp3) is 0.545. The van der Waals surface area contributed by atoms with Gasteiger partial charge in [0.25, 0.3) is 0 Å². The Balaban J connectivity index is 3.34. The van der Waals surface area contributed by atoms with Crippen molar-refractivity contribution in [2.45, 2.75) is 32.4 Å². The maximum absolute atomic E-state index is 12.5. The van der Waals surface area contributed by atoms with Crippen LogP contribution >= 0.6 is 0 Å². The van der Waals surface area contributed by atoms with Gasteiger partial charge >= 0.3 is 6.18 Å². The van der Waals surface area contributed by atoms with Gasteiger partial charge in [-0.15, -0.1) is 0 Å². The zero-order chi connectivity index (χ0) is 12.6. The van der Waals surface area contributed by atoms with Gasteiger partial charge in [-0.25, -0.2) is 4.98 Å². The average Bonchev–Trinajstić information content (AvgIpc) is 2.14. The van der Waals surface area contributed by atoms with E-state index in [1.807, 2.05) is 20.8 Å². The molecule has 0 aliphatic carbocycles. The van der Waals surface area contributed by atoms with E-state index in [1.54, 1.807) is 0 Å². The number of hydrogen-bond donors (Lipinski definition) is 0. The Morgan fingerprint density at radius 3 is 2.12 bits per heavy atom. The molecular weight excluding hydrogens is 219 g/mol. The van der Waals surface area contributed by atoms with Gasteiger partial charge in [0.05, 0.1) is 12.7 Å². The number of rotatable bonds is 1. The molecule has 2 nitrogen and oxygen atoms in total. The number of halogens is 3. The zero-order valence-electron chi connectivity index (χ0n) is 9.64. The summed E-state index contributed by atoms with van der Waals surface area (Å²) in [7, 11) is 1.39. The van der Waals surface area contributed by atoms with Crippen molar-refractivity contribution in [1.29, 1.82) is 0 Å². The van der Waals surface area contributed by atoms with Gasteiger partial charge < -0.3 is 4.74 Å². The van der Waals surface area contributed by atoms with Crippen LogP contribution in [0.25, 0.3) is 0 Å². The number of aromatic nitrogens is 1. The summed E-state index contributed by atoms with van der Waals surface area (Å²) >= 11 is 0. The summed E-state index contributed by atoms with van der Waals surface area (Å²) < 4.78 is 42.5. The lowest BCUT2D eigenvalue weighted by atomic mass is 9.87. The van der Waals surface area contributed by atoms with Crippen LogP contribution in [-0.2, 0) is 11.6 Å². The maximum Gasteiger partial charge on any atom is 0.417 e. The molecule has 0 aliphatic rings. The number of ether oxygens (including phenoxy) is 1. The quantitative estimate of drug-likeness (QED) is 0.741. The molecule has 16 heavy (non-hydrogen) atoms. The van der Waals surface area contributed by atoms with E-state index in [-0.39, 0.29) is 5.88 Å². The van der Waals surface area contributed by atoms with Crippen molar-refractivity contribution in [2.24, 2.45) is 0 Å². The highest BCUT2D eigenvalue weighted by Crippen LogP contribution is 2.35. The van der Waals surface area contributed by atoms with Crippen LogP contribution in [0.4, 0.5) is 13.2 Å². The normalized spacial score (nSPS) is 12.7. The monoisotopic (exact) mass is 233 g/mol. The van der Waals surface area contributed by atoms with Crippen molar-refractivity contribution >= 4 is 0 Å². The molecule has 0 N–H and O–H groups in total. The average molecular weight is 233 g/mol. The highest BCUT2D eigenvalue weighted by atomic mass is 19.4. The Bertz CT molecular complexity index is 380. The number of methoxy groups -OCH3 is 1. The van der Waals surface area contributed by atoms with E-state index in [4.69, 9.17) is 4.74 Å². The predicted octanol–water partition coefficient (Wildman–Crippen LogP) is 3.41. The molecule has 90 valence electrons. The molecule has 0 unspecified atom stereocenters. The Kier molecular flexibility index (Phi) is 3.17. The second-order valence-electron chi connectivity index (χ2n) is 4.53. The summed E-state index contributed by atoms with van der Waals surface area (Å²) in [6.07, 6.45) is -3.59. The second kappa shape index (κ2) is 3.96. The van der Waals surface area contributed by atoms with E-state index >= 15 is 0 Å². The topological polar surface area (TPSA) is 22.1 Å². The number of alkyl halides is 3. The lowest BCUT2D eigenvalue weighted by Crippen LogP contribution is -2.16. The third kappa shape index (κ3) is 2.65. The van der Waals surface area contributed by atoms with E-state index < -0.39 is 17.2 Å². The van der Waals surface area contributed by atoms with Crippen molar-refractivity contribution in [1.82, 2.24) is 4.98 Å². The molecule has 0 radical (unpaired) electrons. The molecule has 1 rings (SSSR count). The molecule has 0 atom stereocenters. The molecule has 0 amide bonds. The molecule has 0 spiro atoms. The van der Waals surface area contributed by atoms with Crippen LogP contribution in [0.1, 0.15) is 31.9 Å². The molecule has 5 heteroatoms. The van der Waals surface area contributed by atoms with E-state index in [9.17, 15) is 13.2 Å². The molecule has 0 aromatic carbocycles. The van der Waals surface area contributed by atoms with Crippen molar-refractivity contribution < 1.29 is 17.9 Å². The van der Waals surface area contributed by atoms with Gasteiger partial charge in [0, 0.05) is 11.8 Å². The van der Waals surface area contributed by atoms with Gasteiger partial charge in [-0.2, -0.15) is 13.2 Å². The van der Waals surface area contributed by atoms with Crippen LogP contribution in [0.5, 0.6) is 5.88 Å². The molecule has 0 saturated carbocycles. The Hall–Kier alpha value is -1.26. The number of hydrogen-bond acceptors (Lipinski definition) is 2. The smallest absolute Gasteiger partial charge is 0.417 e. The fourth-order valence-electron chi connectivity index (χ4n) is 1.31. The first kappa shape index (κ1) is 12.8. The Morgan fingerprint density at radius 1 is 1.19 bits per heavy atom. The van der Waals surface area contributed by atoms with E-state index in [0.29, 0.717) is 5.56 Å². The first-order chi connectivity index (χ1) is 7.16. The lowest BCUT2D eigenvalue weighted by molar-refractivity contribution is -0.137. The first-order valence-corrected chi connectivity index (χ1v) is 4.78. The van der Waals surface area contributed by atoms with Gasteiger partial charge in [-0.3, -0.25) is 0 Å². The Labute approximate surface area is 92.5 Å². The maximum atomic E-state index is 12.5. The summed E-state index contributed by atoms with van der Waals surface area (Å²) in [6, 6.07) is 1.09. The van der Waals surface area contributed by atoms with Crippen LogP contribution in [0.15, 0.2) is 12.3 Å². The third-order valence-electron chi connectivity index (χ3n) is 2.18. The fourth-order valence-corrected chi connectivity index (χ4v) is 1.31. The van der Waals surface area contributed by atoms with Crippen LogP contribution in [0, 0.1) is 0 Å². The molecule has 1 aromatic rings. The van der Waals surface area contributed by atoms with E-state index in [2.05, 4.69) is 4.98 Å². The Morgan fingerprint density at radius 2 is 1.75 bits per heavy atom. The van der Waals surface area contributed by atoms with Crippen molar-refractivity contribution in [3.63, 3.8) is 0 Å². The largest absolute Gasteiger partial charge is 0.481 e. The van der Waals surface area contributed by atoms with Gasteiger partial charge in [0.15, 0.2) is 0 Å². The predicted molar refractivity (Wildman–Crippen MR) is 54.5 cm³/mol. The summed E-state index contributed by atoms with van der Waals surface area (Å²) in [5, 5.41) is 0. The first-order valence-electron chi connectivity index (χ1n) is 4.78. The minimum Gasteiger partial charge on any atom is -0.481 e. The molecule has 0 aliphatic heterocycles. The van der Waals surface area contributed by atoms with E-state index in [1.165, 1.54) is 7.11 Å². The molecule has 0 saturated heterocycles. The van der Waals surface area contributed by atoms with Crippen LogP contribution in [0.3, 0.4) is 0 Å². The highest BCUT2D eigenvalue weighted by Gasteiger charge is 2.33. The van der Waals surface area contributed by atoms with Crippen molar-refractivity contribution in [2.75, 3.05) is 7.11 Å². The molecule has 1 heterocycles.